The molecule has 18 heteroatoms. The van der Waals surface area contributed by atoms with Gasteiger partial charge in [-0.15, -0.1) is 0 Å². The molecule has 0 spiro atoms. The molecule has 2 aromatic carbocycles. The van der Waals surface area contributed by atoms with Crippen LogP contribution in [-0.2, 0) is 53.8 Å². The zero-order valence-corrected chi connectivity index (χ0v) is 30.1. The number of esters is 5. The summed E-state index contributed by atoms with van der Waals surface area (Å²) in [6.45, 7) is -2.11. The van der Waals surface area contributed by atoms with E-state index >= 15 is 0 Å². The second-order valence-corrected chi connectivity index (χ2v) is 16.1. The van der Waals surface area contributed by atoms with Crippen molar-refractivity contribution in [3.8, 4) is 5.75 Å². The van der Waals surface area contributed by atoms with Gasteiger partial charge in [0.05, 0.1) is 15.4 Å². The number of alkyl halides is 2. The molecule has 4 aliphatic rings. The number of benzene rings is 2. The highest BCUT2D eigenvalue weighted by atomic mass is 127. The number of hydrogen-bond acceptors (Lipinski definition) is 13. The van der Waals surface area contributed by atoms with Crippen LogP contribution in [0.15, 0.2) is 42.5 Å². The normalized spacial score (nSPS) is 26.6. The first-order valence-electron chi connectivity index (χ1n) is 14.9. The van der Waals surface area contributed by atoms with Gasteiger partial charge in [0.1, 0.15) is 23.4 Å². The Morgan fingerprint density at radius 1 is 1.02 bits per heavy atom. The van der Waals surface area contributed by atoms with Crippen molar-refractivity contribution in [1.82, 2.24) is 0 Å². The van der Waals surface area contributed by atoms with Crippen LogP contribution in [0.5, 0.6) is 5.75 Å². The Balaban J connectivity index is 1.18. The van der Waals surface area contributed by atoms with Gasteiger partial charge in [0.2, 0.25) is 0 Å². The van der Waals surface area contributed by atoms with Crippen molar-refractivity contribution in [2.75, 3.05) is 6.61 Å². The van der Waals surface area contributed by atoms with Gasteiger partial charge in [0.15, 0.2) is 22.5 Å². The van der Waals surface area contributed by atoms with Gasteiger partial charge in [-0.3, -0.25) is 9.59 Å². The second kappa shape index (κ2) is 13.3. The standard InChI is InChI=1S/C31H26F2I2O13S/c32-31(33,49(41,42)43)13-44-25(36)18-10-15(34)11-19(35)22(18)45-28(39)29(40)47-24-17-12-16-20(26(37)46-23(16)24)21(17)27(38)48-30(8-4-5-9-30)14-6-2-1-3-7-14/h1-3,6-7,10-11,16-17,20-21,23-24H,4-5,8-9,12-13H2,(H,41,42,43)/p-1. The zero-order chi connectivity index (χ0) is 35.5. The quantitative estimate of drug-likeness (QED) is 0.0883. The van der Waals surface area contributed by atoms with Crippen LogP contribution < -0.4 is 4.74 Å². The summed E-state index contributed by atoms with van der Waals surface area (Å²) in [5.74, 6) is -9.61. The Bertz CT molecular complexity index is 1830. The van der Waals surface area contributed by atoms with E-state index in [0.29, 0.717) is 22.8 Å². The van der Waals surface area contributed by atoms with Crippen LogP contribution in [0.3, 0.4) is 0 Å². The SMILES string of the molecule is O=C(Oc1c(I)cc(I)cc1C(=O)OCC(F)(F)S(=O)(=O)[O-])C(=O)OC1C2CC3C1OC(=O)C3C2C(=O)OC1(c2ccccc2)CCCC1. The van der Waals surface area contributed by atoms with Gasteiger partial charge in [-0.2, -0.15) is 8.78 Å². The third-order valence-electron chi connectivity index (χ3n) is 9.40. The number of carbonyl (C=O) groups is 5. The van der Waals surface area contributed by atoms with E-state index in [4.69, 9.17) is 18.9 Å². The van der Waals surface area contributed by atoms with E-state index in [1.165, 1.54) is 6.07 Å². The molecule has 262 valence electrons. The summed E-state index contributed by atoms with van der Waals surface area (Å²) in [4.78, 5) is 65.5. The number of rotatable bonds is 9. The first-order chi connectivity index (χ1) is 23.0. The first kappa shape index (κ1) is 35.8. The van der Waals surface area contributed by atoms with Crippen LogP contribution in [-0.4, -0.2) is 66.9 Å². The molecule has 0 aromatic heterocycles. The van der Waals surface area contributed by atoms with Crippen LogP contribution in [0.1, 0.15) is 48.0 Å². The van der Waals surface area contributed by atoms with Crippen molar-refractivity contribution < 1.29 is 69.4 Å². The van der Waals surface area contributed by atoms with E-state index in [2.05, 4.69) is 4.74 Å². The molecule has 2 aromatic rings. The van der Waals surface area contributed by atoms with Crippen molar-refractivity contribution in [1.29, 1.82) is 0 Å². The molecule has 6 unspecified atom stereocenters. The molecule has 3 aliphatic carbocycles. The highest BCUT2D eigenvalue weighted by Gasteiger charge is 2.70. The molecule has 1 aliphatic heterocycles. The van der Waals surface area contributed by atoms with Gasteiger partial charge in [0.25, 0.3) is 0 Å². The molecule has 1 heterocycles. The van der Waals surface area contributed by atoms with E-state index in [1.54, 1.807) is 45.2 Å². The molecule has 0 amide bonds. The lowest BCUT2D eigenvalue weighted by atomic mass is 9.78. The summed E-state index contributed by atoms with van der Waals surface area (Å²) in [6.07, 6.45) is 1.04. The van der Waals surface area contributed by atoms with E-state index in [9.17, 15) is 45.7 Å². The number of halogens is 4. The lowest BCUT2D eigenvalue weighted by Crippen LogP contribution is -2.46. The second-order valence-electron chi connectivity index (χ2n) is 12.2. The fourth-order valence-electron chi connectivity index (χ4n) is 7.29. The van der Waals surface area contributed by atoms with Gasteiger partial charge in [0, 0.05) is 15.4 Å². The summed E-state index contributed by atoms with van der Waals surface area (Å²) < 4.78 is 86.7. The molecule has 6 atom stereocenters. The molecule has 6 rings (SSSR count). The minimum Gasteiger partial charge on any atom is -0.743 e. The maximum absolute atomic E-state index is 13.8. The minimum absolute atomic E-state index is 0.0513. The maximum atomic E-state index is 13.8. The van der Waals surface area contributed by atoms with Gasteiger partial charge < -0.3 is 28.2 Å². The van der Waals surface area contributed by atoms with Crippen molar-refractivity contribution in [2.45, 2.75) is 55.2 Å². The molecular weight excluding hydrogens is 904 g/mol. The van der Waals surface area contributed by atoms with Crippen LogP contribution in [0.25, 0.3) is 0 Å². The average molecular weight is 929 g/mol. The first-order valence-corrected chi connectivity index (χ1v) is 18.5. The third kappa shape index (κ3) is 6.64. The predicted molar refractivity (Wildman–Crippen MR) is 173 cm³/mol. The average Bonchev–Trinajstić information content (AvgIpc) is 3.80. The molecular formula is C31H25F2I2O13S-. The largest absolute Gasteiger partial charge is 0.743 e. The molecule has 0 radical (unpaired) electrons. The monoisotopic (exact) mass is 929 g/mol. The van der Waals surface area contributed by atoms with Crippen molar-refractivity contribution in [2.24, 2.45) is 23.7 Å². The minimum atomic E-state index is -6.16. The highest BCUT2D eigenvalue weighted by molar-refractivity contribution is 14.1. The van der Waals surface area contributed by atoms with Crippen LogP contribution >= 0.6 is 45.2 Å². The lowest BCUT2D eigenvalue weighted by Gasteiger charge is -2.35. The summed E-state index contributed by atoms with van der Waals surface area (Å²) in [5, 5.41) is -4.94. The van der Waals surface area contributed by atoms with Crippen LogP contribution in [0.2, 0.25) is 0 Å². The van der Waals surface area contributed by atoms with E-state index < -0.39 is 105 Å². The van der Waals surface area contributed by atoms with Crippen molar-refractivity contribution in [3.63, 3.8) is 0 Å². The van der Waals surface area contributed by atoms with Crippen molar-refractivity contribution >= 4 is 85.1 Å². The molecule has 2 bridgehead atoms. The smallest absolute Gasteiger partial charge is 0.422 e. The highest BCUT2D eigenvalue weighted by Crippen LogP contribution is 2.59. The molecule has 13 nitrogen and oxygen atoms in total. The fraction of sp³-hybridized carbons (Fsp3) is 0.452. The zero-order valence-electron chi connectivity index (χ0n) is 25.0. The van der Waals surface area contributed by atoms with Gasteiger partial charge in [-0.25, -0.2) is 22.8 Å². The number of ether oxygens (including phenoxy) is 5. The predicted octanol–water partition coefficient (Wildman–Crippen LogP) is 3.83. The van der Waals surface area contributed by atoms with E-state index in [1.807, 2.05) is 30.3 Å². The van der Waals surface area contributed by atoms with Gasteiger partial charge in [-0.1, -0.05) is 30.3 Å². The number of hydrogen-bond donors (Lipinski definition) is 0. The fourth-order valence-corrected chi connectivity index (χ4v) is 9.45. The van der Waals surface area contributed by atoms with Gasteiger partial charge >= 0.3 is 35.1 Å². The molecule has 1 saturated heterocycles. The lowest BCUT2D eigenvalue weighted by molar-refractivity contribution is -0.179. The summed E-state index contributed by atoms with van der Waals surface area (Å²) in [7, 11) is -6.16. The Morgan fingerprint density at radius 2 is 1.69 bits per heavy atom. The molecule has 0 N–H and O–H groups in total. The van der Waals surface area contributed by atoms with Crippen molar-refractivity contribution in [3.05, 3.63) is 60.7 Å². The summed E-state index contributed by atoms with van der Waals surface area (Å²) >= 11 is 3.38. The van der Waals surface area contributed by atoms with Crippen LogP contribution in [0.4, 0.5) is 8.78 Å². The summed E-state index contributed by atoms with van der Waals surface area (Å²) in [5.41, 5.74) is -0.675. The molecule has 4 fully saturated rings. The molecule has 3 saturated carbocycles. The maximum Gasteiger partial charge on any atom is 0.422 e. The summed E-state index contributed by atoms with van der Waals surface area (Å²) in [6, 6.07) is 11.7. The number of carbonyl (C=O) groups excluding carboxylic acids is 5. The third-order valence-corrected chi connectivity index (χ3v) is 11.7. The Hall–Kier alpha value is -2.98. The van der Waals surface area contributed by atoms with E-state index in [0.717, 1.165) is 24.5 Å². The Labute approximate surface area is 304 Å². The topological polar surface area (TPSA) is 189 Å². The van der Waals surface area contributed by atoms with Crippen LogP contribution in [0, 0.1) is 30.8 Å². The number of fused-ring (bicyclic) bond motifs is 1. The Kier molecular flexibility index (Phi) is 9.72. The Morgan fingerprint density at radius 3 is 2.35 bits per heavy atom. The molecule has 49 heavy (non-hydrogen) atoms. The van der Waals surface area contributed by atoms with Gasteiger partial charge in [-0.05, 0) is 95.0 Å². The van der Waals surface area contributed by atoms with E-state index in [-0.39, 0.29) is 3.57 Å².